The number of guanidine groups is 1. The standard InChI is InChI=1S/C33H50N8O4S/c1-2-3-15-26(30(43)40-28(22-37-33(35)36)32(45)41-16-10-18-46-19-17-41)38-31(44)27(21-24-13-8-5-9-14-24)39-29(42)25(34)20-23-11-6-4-7-12-23/h4-9,11-14,25-29,39,42H,2-3,10,15-22,34H2,1H3,(H,38,44)(H,40,43)(H4,35,36,37)/t25-,26-,27-,28-,29?/m1/s1. The molecule has 1 saturated heterocycles. The second-order valence-corrected chi connectivity index (χ2v) is 12.8. The minimum absolute atomic E-state index is 0.116. The molecule has 46 heavy (non-hydrogen) atoms. The molecule has 1 heterocycles. The van der Waals surface area contributed by atoms with Crippen LogP contribution in [-0.4, -0.2) is 95.2 Å². The third-order valence-corrected chi connectivity index (χ3v) is 8.82. The number of nitrogens with one attached hydrogen (secondary N) is 3. The summed E-state index contributed by atoms with van der Waals surface area (Å²) in [5.41, 5.74) is 19.3. The van der Waals surface area contributed by atoms with Crippen molar-refractivity contribution in [2.75, 3.05) is 31.1 Å². The number of carbonyl (C=O) groups excluding carboxylic acids is 3. The Morgan fingerprint density at radius 3 is 2.13 bits per heavy atom. The lowest BCUT2D eigenvalue weighted by Gasteiger charge is -2.29. The Hall–Kier alpha value is -3.65. The molecule has 1 aliphatic heterocycles. The summed E-state index contributed by atoms with van der Waals surface area (Å²) in [7, 11) is 0. The van der Waals surface area contributed by atoms with Gasteiger partial charge in [-0.1, -0.05) is 80.4 Å². The van der Waals surface area contributed by atoms with Crippen LogP contribution in [0.2, 0.25) is 0 Å². The Morgan fingerprint density at radius 2 is 1.50 bits per heavy atom. The zero-order valence-corrected chi connectivity index (χ0v) is 27.5. The van der Waals surface area contributed by atoms with Gasteiger partial charge in [0.15, 0.2) is 5.96 Å². The number of amides is 3. The van der Waals surface area contributed by atoms with Gasteiger partial charge in [-0.05, 0) is 42.6 Å². The molecule has 5 atom stereocenters. The summed E-state index contributed by atoms with van der Waals surface area (Å²) in [4.78, 5) is 46.8. The normalized spacial score (nSPS) is 16.6. The summed E-state index contributed by atoms with van der Waals surface area (Å²) in [5.74, 6) is 0.344. The van der Waals surface area contributed by atoms with Gasteiger partial charge in [-0.15, -0.1) is 0 Å². The van der Waals surface area contributed by atoms with Crippen LogP contribution < -0.4 is 33.2 Å². The summed E-state index contributed by atoms with van der Waals surface area (Å²) in [6.45, 7) is 3.02. The van der Waals surface area contributed by atoms with Gasteiger partial charge in [-0.3, -0.25) is 24.7 Å². The molecule has 0 aliphatic carbocycles. The lowest BCUT2D eigenvalue weighted by molar-refractivity contribution is -0.137. The highest BCUT2D eigenvalue weighted by Crippen LogP contribution is 2.13. The molecule has 1 fully saturated rings. The van der Waals surface area contributed by atoms with Gasteiger partial charge in [0.1, 0.15) is 18.3 Å². The molecule has 1 aliphatic rings. The van der Waals surface area contributed by atoms with Crippen molar-refractivity contribution in [1.29, 1.82) is 0 Å². The molecular weight excluding hydrogens is 604 g/mol. The van der Waals surface area contributed by atoms with Crippen molar-refractivity contribution in [2.24, 2.45) is 22.2 Å². The van der Waals surface area contributed by atoms with Gasteiger partial charge in [0, 0.05) is 24.9 Å². The van der Waals surface area contributed by atoms with Crippen LogP contribution in [0.25, 0.3) is 0 Å². The minimum Gasteiger partial charge on any atom is -0.377 e. The Kier molecular flexibility index (Phi) is 15.8. The number of benzene rings is 2. The van der Waals surface area contributed by atoms with E-state index in [0.717, 1.165) is 35.5 Å². The first-order valence-electron chi connectivity index (χ1n) is 16.0. The largest absolute Gasteiger partial charge is 0.377 e. The van der Waals surface area contributed by atoms with Gasteiger partial charge in [-0.25, -0.2) is 0 Å². The summed E-state index contributed by atoms with van der Waals surface area (Å²) in [6, 6.07) is 15.4. The minimum atomic E-state index is -1.20. The fourth-order valence-electron chi connectivity index (χ4n) is 5.20. The molecule has 0 aromatic heterocycles. The number of aliphatic imine (C=N–C) groups is 1. The first-order chi connectivity index (χ1) is 22.2. The summed E-state index contributed by atoms with van der Waals surface area (Å²) in [5, 5.41) is 19.7. The lowest BCUT2D eigenvalue weighted by Crippen LogP contribution is -2.60. The first kappa shape index (κ1) is 36.8. The summed E-state index contributed by atoms with van der Waals surface area (Å²) >= 11 is 1.78. The van der Waals surface area contributed by atoms with Crippen molar-refractivity contribution in [1.82, 2.24) is 20.9 Å². The number of hydrogen-bond donors (Lipinski definition) is 7. The molecule has 2 aromatic carbocycles. The molecule has 252 valence electrons. The van der Waals surface area contributed by atoms with E-state index < -0.39 is 42.2 Å². The van der Waals surface area contributed by atoms with Gasteiger partial charge in [-0.2, -0.15) is 11.8 Å². The Bertz CT molecular complexity index is 1240. The van der Waals surface area contributed by atoms with E-state index in [4.69, 9.17) is 17.2 Å². The average Bonchev–Trinajstić information content (AvgIpc) is 3.35. The summed E-state index contributed by atoms with van der Waals surface area (Å²) < 4.78 is 0. The van der Waals surface area contributed by atoms with Crippen molar-refractivity contribution in [3.05, 3.63) is 71.8 Å². The number of nitrogens with zero attached hydrogens (tertiary/aromatic N) is 2. The zero-order valence-electron chi connectivity index (χ0n) is 26.6. The monoisotopic (exact) mass is 654 g/mol. The second-order valence-electron chi connectivity index (χ2n) is 11.5. The number of carbonyl (C=O) groups is 3. The molecule has 2 aromatic rings. The van der Waals surface area contributed by atoms with E-state index in [1.54, 1.807) is 16.7 Å². The van der Waals surface area contributed by atoms with Crippen LogP contribution in [0.4, 0.5) is 0 Å². The van der Waals surface area contributed by atoms with E-state index >= 15 is 0 Å². The summed E-state index contributed by atoms with van der Waals surface area (Å²) in [6.07, 6.45) is 2.11. The predicted octanol–water partition coefficient (Wildman–Crippen LogP) is 0.474. The third kappa shape index (κ3) is 12.6. The van der Waals surface area contributed by atoms with Crippen molar-refractivity contribution in [3.8, 4) is 0 Å². The number of hydrogen-bond acceptors (Lipinski definition) is 8. The SMILES string of the molecule is CCCC[C@@H](NC(=O)[C@@H](Cc1ccccc1)NC(O)[C@H](N)Cc1ccccc1)C(=O)N[C@H](CN=C(N)N)C(=O)N1CCCSCC1. The van der Waals surface area contributed by atoms with E-state index in [1.807, 2.05) is 67.6 Å². The average molecular weight is 655 g/mol. The van der Waals surface area contributed by atoms with Gasteiger partial charge in [0.05, 0.1) is 12.6 Å². The Morgan fingerprint density at radius 1 is 0.891 bits per heavy atom. The Labute approximate surface area is 276 Å². The van der Waals surface area contributed by atoms with Crippen molar-refractivity contribution in [3.63, 3.8) is 0 Å². The quantitative estimate of drug-likeness (QED) is 0.0720. The molecule has 3 amide bonds. The van der Waals surface area contributed by atoms with Crippen LogP contribution in [0.5, 0.6) is 0 Å². The highest BCUT2D eigenvalue weighted by Gasteiger charge is 2.32. The van der Waals surface area contributed by atoms with Crippen LogP contribution in [0.15, 0.2) is 65.7 Å². The highest BCUT2D eigenvalue weighted by molar-refractivity contribution is 7.99. The Balaban J connectivity index is 1.77. The number of unbranched alkanes of at least 4 members (excludes halogenated alkanes) is 1. The second kappa shape index (κ2) is 19.8. The van der Waals surface area contributed by atoms with Crippen molar-refractivity contribution < 1.29 is 19.5 Å². The van der Waals surface area contributed by atoms with E-state index in [9.17, 15) is 19.5 Å². The third-order valence-electron chi connectivity index (χ3n) is 7.78. The van der Waals surface area contributed by atoms with Gasteiger partial charge in [0.2, 0.25) is 17.7 Å². The lowest BCUT2D eigenvalue weighted by atomic mass is 10.0. The van der Waals surface area contributed by atoms with Crippen LogP contribution in [0.1, 0.15) is 43.7 Å². The number of aliphatic hydroxyl groups is 1. The number of aliphatic hydroxyl groups excluding tert-OH is 1. The molecule has 0 spiro atoms. The van der Waals surface area contributed by atoms with E-state index in [1.165, 1.54) is 0 Å². The fourth-order valence-corrected chi connectivity index (χ4v) is 6.08. The molecular formula is C33H50N8O4S. The van der Waals surface area contributed by atoms with Gasteiger partial charge in [0.25, 0.3) is 0 Å². The number of nitrogens with two attached hydrogens (primary N) is 3. The predicted molar refractivity (Wildman–Crippen MR) is 184 cm³/mol. The number of thioether (sulfide) groups is 1. The maximum absolute atomic E-state index is 13.8. The first-order valence-corrected chi connectivity index (χ1v) is 17.1. The topological polar surface area (TPSA) is 201 Å². The van der Waals surface area contributed by atoms with Crippen LogP contribution >= 0.6 is 11.8 Å². The maximum atomic E-state index is 13.8. The molecule has 3 rings (SSSR count). The smallest absolute Gasteiger partial charge is 0.247 e. The van der Waals surface area contributed by atoms with E-state index in [-0.39, 0.29) is 24.8 Å². The van der Waals surface area contributed by atoms with Crippen LogP contribution in [0, 0.1) is 0 Å². The van der Waals surface area contributed by atoms with Crippen LogP contribution in [0.3, 0.4) is 0 Å². The highest BCUT2D eigenvalue weighted by atomic mass is 32.2. The molecule has 13 heteroatoms. The van der Waals surface area contributed by atoms with Crippen molar-refractivity contribution in [2.45, 2.75) is 75.8 Å². The van der Waals surface area contributed by atoms with Crippen LogP contribution in [-0.2, 0) is 27.2 Å². The van der Waals surface area contributed by atoms with Crippen molar-refractivity contribution >= 4 is 35.4 Å². The van der Waals surface area contributed by atoms with E-state index in [0.29, 0.717) is 32.4 Å². The van der Waals surface area contributed by atoms with E-state index in [2.05, 4.69) is 20.9 Å². The molecule has 10 N–H and O–H groups in total. The molecule has 0 bridgehead atoms. The molecule has 0 saturated carbocycles. The van der Waals surface area contributed by atoms with Gasteiger partial charge >= 0.3 is 0 Å². The van der Waals surface area contributed by atoms with Gasteiger partial charge < -0.3 is 37.8 Å². The molecule has 12 nitrogen and oxygen atoms in total. The number of rotatable bonds is 17. The zero-order chi connectivity index (χ0) is 33.3. The maximum Gasteiger partial charge on any atom is 0.247 e. The molecule has 1 unspecified atom stereocenters. The fraction of sp³-hybridized carbons (Fsp3) is 0.515. The molecule has 0 radical (unpaired) electrons.